The molecular formula is C11H20N2O. The Balaban J connectivity index is 1.89. The van der Waals surface area contributed by atoms with Crippen LogP contribution in [0.15, 0.2) is 0 Å². The molecule has 2 N–H and O–H groups in total. The molecule has 2 fully saturated rings. The van der Waals surface area contributed by atoms with Gasteiger partial charge in [0.05, 0.1) is 6.04 Å². The summed E-state index contributed by atoms with van der Waals surface area (Å²) in [6.45, 7) is 4.05. The highest BCUT2D eigenvalue weighted by molar-refractivity contribution is 5.82. The van der Waals surface area contributed by atoms with Gasteiger partial charge in [0.25, 0.3) is 0 Å². The molecule has 0 bridgehead atoms. The van der Waals surface area contributed by atoms with Gasteiger partial charge in [-0.3, -0.25) is 4.79 Å². The molecule has 1 amide bonds. The first-order chi connectivity index (χ1) is 6.68. The van der Waals surface area contributed by atoms with Gasteiger partial charge in [-0.25, -0.2) is 0 Å². The molecule has 2 rings (SSSR count). The van der Waals surface area contributed by atoms with Gasteiger partial charge in [-0.2, -0.15) is 0 Å². The fourth-order valence-electron chi connectivity index (χ4n) is 2.26. The molecule has 3 heteroatoms. The van der Waals surface area contributed by atoms with Gasteiger partial charge in [0.1, 0.15) is 0 Å². The molecular weight excluding hydrogens is 176 g/mol. The van der Waals surface area contributed by atoms with Crippen molar-refractivity contribution in [1.29, 1.82) is 0 Å². The number of hydrogen-bond donors (Lipinski definition) is 1. The number of likely N-dealkylation sites (tertiary alicyclic amines) is 1. The van der Waals surface area contributed by atoms with Crippen LogP contribution in [-0.4, -0.2) is 29.9 Å². The molecule has 14 heavy (non-hydrogen) atoms. The lowest BCUT2D eigenvalue weighted by atomic mass is 9.99. The molecule has 1 saturated carbocycles. The quantitative estimate of drug-likeness (QED) is 0.715. The Bertz CT molecular complexity index is 225. The summed E-state index contributed by atoms with van der Waals surface area (Å²) >= 11 is 0. The number of carbonyl (C=O) groups is 1. The fraction of sp³-hybridized carbons (Fsp3) is 0.909. The number of nitrogens with two attached hydrogens (primary N) is 1. The topological polar surface area (TPSA) is 46.3 Å². The predicted octanol–water partition coefficient (Wildman–Crippen LogP) is 0.982. The van der Waals surface area contributed by atoms with Crippen molar-refractivity contribution < 1.29 is 4.79 Å². The first kappa shape index (κ1) is 9.97. The molecule has 2 aliphatic rings. The molecule has 1 saturated heterocycles. The largest absolute Gasteiger partial charge is 0.341 e. The Kier molecular flexibility index (Phi) is 2.77. The van der Waals surface area contributed by atoms with Gasteiger partial charge in [-0.15, -0.1) is 0 Å². The smallest absolute Gasteiger partial charge is 0.239 e. The van der Waals surface area contributed by atoms with Crippen molar-refractivity contribution in [3.8, 4) is 0 Å². The van der Waals surface area contributed by atoms with E-state index in [9.17, 15) is 4.79 Å². The maximum Gasteiger partial charge on any atom is 0.239 e. The average molecular weight is 196 g/mol. The number of piperidine rings is 1. The second-order valence-corrected chi connectivity index (χ2v) is 4.89. The highest BCUT2D eigenvalue weighted by atomic mass is 16.2. The lowest BCUT2D eigenvalue weighted by molar-refractivity contribution is -0.134. The molecule has 0 aromatic rings. The van der Waals surface area contributed by atoms with Crippen LogP contribution in [-0.2, 0) is 4.79 Å². The molecule has 1 heterocycles. The molecule has 0 aromatic carbocycles. The van der Waals surface area contributed by atoms with E-state index in [0.717, 1.165) is 32.4 Å². The molecule has 80 valence electrons. The standard InChI is InChI=1S/C11H20N2O/c1-8-3-2-6-13(7-8)11(14)10(12)9-4-5-9/h8-10H,2-7,12H2,1H3. The lowest BCUT2D eigenvalue weighted by Gasteiger charge is -2.32. The van der Waals surface area contributed by atoms with E-state index in [0.29, 0.717) is 11.8 Å². The van der Waals surface area contributed by atoms with E-state index < -0.39 is 0 Å². The third-order valence-electron chi connectivity index (χ3n) is 3.38. The van der Waals surface area contributed by atoms with Crippen LogP contribution in [0.1, 0.15) is 32.6 Å². The molecule has 0 radical (unpaired) electrons. The molecule has 1 aliphatic carbocycles. The first-order valence-electron chi connectivity index (χ1n) is 5.73. The molecule has 0 aromatic heterocycles. The third kappa shape index (κ3) is 2.08. The van der Waals surface area contributed by atoms with Gasteiger partial charge >= 0.3 is 0 Å². The second kappa shape index (κ2) is 3.89. The molecule has 0 spiro atoms. The zero-order valence-electron chi connectivity index (χ0n) is 8.91. The zero-order valence-corrected chi connectivity index (χ0v) is 8.91. The van der Waals surface area contributed by atoms with Crippen molar-refractivity contribution in [2.24, 2.45) is 17.6 Å². The molecule has 1 aliphatic heterocycles. The minimum absolute atomic E-state index is 0.194. The minimum Gasteiger partial charge on any atom is -0.341 e. The Hall–Kier alpha value is -0.570. The molecule has 3 nitrogen and oxygen atoms in total. The van der Waals surface area contributed by atoms with Gasteiger partial charge in [0.15, 0.2) is 0 Å². The van der Waals surface area contributed by atoms with Crippen LogP contribution in [0, 0.1) is 11.8 Å². The molecule has 2 unspecified atom stereocenters. The predicted molar refractivity (Wildman–Crippen MR) is 55.7 cm³/mol. The maximum atomic E-state index is 11.9. The van der Waals surface area contributed by atoms with E-state index in [1.807, 2.05) is 4.90 Å². The van der Waals surface area contributed by atoms with Gasteiger partial charge in [0, 0.05) is 13.1 Å². The zero-order chi connectivity index (χ0) is 10.1. The summed E-state index contributed by atoms with van der Waals surface area (Å²) in [5, 5.41) is 0. The number of nitrogens with zero attached hydrogens (tertiary/aromatic N) is 1. The summed E-state index contributed by atoms with van der Waals surface area (Å²) in [6.07, 6.45) is 4.69. The van der Waals surface area contributed by atoms with Crippen molar-refractivity contribution in [1.82, 2.24) is 4.90 Å². The summed E-state index contributed by atoms with van der Waals surface area (Å²) in [4.78, 5) is 13.9. The van der Waals surface area contributed by atoms with Crippen molar-refractivity contribution >= 4 is 5.91 Å². The van der Waals surface area contributed by atoms with Gasteiger partial charge in [0.2, 0.25) is 5.91 Å². The third-order valence-corrected chi connectivity index (χ3v) is 3.38. The van der Waals surface area contributed by atoms with Crippen molar-refractivity contribution in [3.63, 3.8) is 0 Å². The number of amides is 1. The van der Waals surface area contributed by atoms with Crippen molar-refractivity contribution in [2.45, 2.75) is 38.6 Å². The van der Waals surface area contributed by atoms with E-state index in [1.54, 1.807) is 0 Å². The van der Waals surface area contributed by atoms with Crippen LogP contribution in [0.3, 0.4) is 0 Å². The highest BCUT2D eigenvalue weighted by Crippen LogP contribution is 2.32. The average Bonchev–Trinajstić information content (AvgIpc) is 2.99. The van der Waals surface area contributed by atoms with Crippen LogP contribution >= 0.6 is 0 Å². The Labute approximate surface area is 85.6 Å². The van der Waals surface area contributed by atoms with Crippen LogP contribution in [0.4, 0.5) is 0 Å². The van der Waals surface area contributed by atoms with E-state index in [-0.39, 0.29) is 11.9 Å². The van der Waals surface area contributed by atoms with Crippen LogP contribution in [0.2, 0.25) is 0 Å². The SMILES string of the molecule is CC1CCCN(C(=O)C(N)C2CC2)C1. The monoisotopic (exact) mass is 196 g/mol. The summed E-state index contributed by atoms with van der Waals surface area (Å²) < 4.78 is 0. The maximum absolute atomic E-state index is 11.9. The Morgan fingerprint density at radius 1 is 1.43 bits per heavy atom. The van der Waals surface area contributed by atoms with E-state index >= 15 is 0 Å². The Morgan fingerprint density at radius 3 is 2.71 bits per heavy atom. The van der Waals surface area contributed by atoms with E-state index in [2.05, 4.69) is 6.92 Å². The van der Waals surface area contributed by atoms with Crippen LogP contribution < -0.4 is 5.73 Å². The summed E-state index contributed by atoms with van der Waals surface area (Å²) in [5.74, 6) is 1.33. The van der Waals surface area contributed by atoms with Crippen LogP contribution in [0.5, 0.6) is 0 Å². The number of rotatable bonds is 2. The fourth-order valence-corrected chi connectivity index (χ4v) is 2.26. The lowest BCUT2D eigenvalue weighted by Crippen LogP contribution is -2.48. The number of carbonyl (C=O) groups excluding carboxylic acids is 1. The van der Waals surface area contributed by atoms with Crippen molar-refractivity contribution in [2.75, 3.05) is 13.1 Å². The molecule has 2 atom stereocenters. The van der Waals surface area contributed by atoms with Gasteiger partial charge < -0.3 is 10.6 Å². The second-order valence-electron chi connectivity index (χ2n) is 4.89. The van der Waals surface area contributed by atoms with Crippen molar-refractivity contribution in [3.05, 3.63) is 0 Å². The van der Waals surface area contributed by atoms with E-state index in [4.69, 9.17) is 5.73 Å². The number of hydrogen-bond acceptors (Lipinski definition) is 2. The summed E-state index contributed by atoms with van der Waals surface area (Å²) in [6, 6.07) is -0.208. The summed E-state index contributed by atoms with van der Waals surface area (Å²) in [7, 11) is 0. The minimum atomic E-state index is -0.208. The van der Waals surface area contributed by atoms with Crippen LogP contribution in [0.25, 0.3) is 0 Å². The first-order valence-corrected chi connectivity index (χ1v) is 5.73. The normalized spacial score (nSPS) is 30.1. The van der Waals surface area contributed by atoms with E-state index in [1.165, 1.54) is 6.42 Å². The Morgan fingerprint density at radius 2 is 2.14 bits per heavy atom. The van der Waals surface area contributed by atoms with Gasteiger partial charge in [-0.1, -0.05) is 6.92 Å². The van der Waals surface area contributed by atoms with Gasteiger partial charge in [-0.05, 0) is 37.5 Å². The highest BCUT2D eigenvalue weighted by Gasteiger charge is 2.36. The summed E-state index contributed by atoms with van der Waals surface area (Å²) in [5.41, 5.74) is 5.91.